The minimum Gasteiger partial charge on any atom is -0.467 e. The molecule has 0 aliphatic carbocycles. The topological polar surface area (TPSA) is 47.9 Å². The molecule has 2 rings (SSSR count). The van der Waals surface area contributed by atoms with Gasteiger partial charge in [-0.15, -0.1) is 0 Å². The molecule has 0 unspecified atom stereocenters. The smallest absolute Gasteiger partial charge is 0.188 e. The molecule has 104 valence electrons. The first kappa shape index (κ1) is 15.4. The molecule has 1 aromatic rings. The zero-order valence-corrected chi connectivity index (χ0v) is 11.8. The maximum Gasteiger partial charge on any atom is 0.188 e. The van der Waals surface area contributed by atoms with Crippen LogP contribution in [0.2, 0.25) is 0 Å². The van der Waals surface area contributed by atoms with Crippen LogP contribution in [-0.4, -0.2) is 25.9 Å². The minimum absolute atomic E-state index is 0.291. The summed E-state index contributed by atoms with van der Waals surface area (Å²) in [5, 5.41) is 0. The first-order valence-electron chi connectivity index (χ1n) is 6.44. The average molecular weight is 263 g/mol. The van der Waals surface area contributed by atoms with Crippen LogP contribution >= 0.6 is 0 Å². The van der Waals surface area contributed by atoms with Crippen molar-refractivity contribution >= 4 is 17.7 Å². The number of rotatable bonds is 4. The van der Waals surface area contributed by atoms with E-state index in [4.69, 9.17) is 9.47 Å². The summed E-state index contributed by atoms with van der Waals surface area (Å²) in [6, 6.07) is 5.96. The van der Waals surface area contributed by atoms with Crippen LogP contribution in [0.4, 0.5) is 5.69 Å². The fraction of sp³-hybridized carbons (Fsp3) is 0.467. The number of fused-ring (bicyclic) bond motifs is 1. The fourth-order valence-corrected chi connectivity index (χ4v) is 1.74. The van der Waals surface area contributed by atoms with Gasteiger partial charge in [0, 0.05) is 24.8 Å². The lowest BCUT2D eigenvalue weighted by molar-refractivity contribution is -0.107. The van der Waals surface area contributed by atoms with Gasteiger partial charge in [-0.25, -0.2) is 0 Å². The number of hydrogen-bond donors (Lipinski definition) is 0. The number of methoxy groups -OCH3 is 1. The normalized spacial score (nSPS) is 12.7. The van der Waals surface area contributed by atoms with Crippen molar-refractivity contribution in [3.63, 3.8) is 0 Å². The molecular formula is C15H21NO3. The molecule has 0 spiro atoms. The lowest BCUT2D eigenvalue weighted by Crippen LogP contribution is -2.06. The predicted molar refractivity (Wildman–Crippen MR) is 76.4 cm³/mol. The summed E-state index contributed by atoms with van der Waals surface area (Å²) in [6.45, 7) is 4.16. The summed E-state index contributed by atoms with van der Waals surface area (Å²) >= 11 is 0. The molecule has 1 aliphatic heterocycles. The van der Waals surface area contributed by atoms with Crippen LogP contribution in [0.5, 0.6) is 5.75 Å². The van der Waals surface area contributed by atoms with E-state index in [1.807, 2.05) is 25.1 Å². The van der Waals surface area contributed by atoms with E-state index in [1.54, 1.807) is 7.11 Å². The van der Waals surface area contributed by atoms with Crippen molar-refractivity contribution in [3.05, 3.63) is 23.8 Å². The highest BCUT2D eigenvalue weighted by Crippen LogP contribution is 2.33. The third-order valence-corrected chi connectivity index (χ3v) is 2.66. The van der Waals surface area contributed by atoms with Gasteiger partial charge in [0.2, 0.25) is 0 Å². The molecule has 1 aliphatic rings. The number of carbonyl (C=O) groups excluding carboxylic acids is 1. The van der Waals surface area contributed by atoms with Gasteiger partial charge >= 0.3 is 0 Å². The summed E-state index contributed by atoms with van der Waals surface area (Å²) in [4.78, 5) is 13.7. The maximum absolute atomic E-state index is 9.17. The first-order valence-corrected chi connectivity index (χ1v) is 6.44. The van der Waals surface area contributed by atoms with E-state index in [9.17, 15) is 4.79 Å². The summed E-state index contributed by atoms with van der Waals surface area (Å²) in [5.41, 5.74) is 3.42. The van der Waals surface area contributed by atoms with Crippen LogP contribution in [0.15, 0.2) is 23.2 Å². The lowest BCUT2D eigenvalue weighted by Gasteiger charge is -2.16. The third-order valence-electron chi connectivity index (χ3n) is 2.66. The second kappa shape index (κ2) is 8.43. The molecule has 0 radical (unpaired) electrons. The second-order valence-electron chi connectivity index (χ2n) is 4.23. The summed E-state index contributed by atoms with van der Waals surface area (Å²) in [5.74, 6) is 0.894. The van der Waals surface area contributed by atoms with Crippen molar-refractivity contribution in [2.24, 2.45) is 4.99 Å². The maximum atomic E-state index is 9.17. The highest BCUT2D eigenvalue weighted by molar-refractivity contribution is 5.87. The Bertz CT molecular complexity index is 441. The van der Waals surface area contributed by atoms with Crippen molar-refractivity contribution in [1.29, 1.82) is 0 Å². The highest BCUT2D eigenvalue weighted by atomic mass is 16.7. The molecule has 1 heterocycles. The quantitative estimate of drug-likeness (QED) is 0.618. The van der Waals surface area contributed by atoms with Crippen LogP contribution in [0, 0.1) is 0 Å². The molecule has 1 aromatic carbocycles. The van der Waals surface area contributed by atoms with E-state index < -0.39 is 0 Å². The summed E-state index contributed by atoms with van der Waals surface area (Å²) in [7, 11) is 1.62. The zero-order valence-electron chi connectivity index (χ0n) is 11.8. The first-order chi connectivity index (χ1) is 9.22. The van der Waals surface area contributed by atoms with Gasteiger partial charge in [0.15, 0.2) is 6.79 Å². The minimum atomic E-state index is 0.291. The number of ether oxygens (including phenoxy) is 2. The molecule has 0 bridgehead atoms. The van der Waals surface area contributed by atoms with Crippen molar-refractivity contribution < 1.29 is 14.3 Å². The predicted octanol–water partition coefficient (Wildman–Crippen LogP) is 3.30. The Morgan fingerprint density at radius 1 is 1.37 bits per heavy atom. The molecule has 0 saturated heterocycles. The molecule has 0 fully saturated rings. The van der Waals surface area contributed by atoms with E-state index in [2.05, 4.69) is 11.9 Å². The lowest BCUT2D eigenvalue weighted by atomic mass is 10.0. The highest BCUT2D eigenvalue weighted by Gasteiger charge is 2.13. The molecular weight excluding hydrogens is 242 g/mol. The van der Waals surface area contributed by atoms with E-state index in [0.29, 0.717) is 13.2 Å². The van der Waals surface area contributed by atoms with Crippen molar-refractivity contribution in [2.75, 3.05) is 13.9 Å². The van der Waals surface area contributed by atoms with Gasteiger partial charge in [0.25, 0.3) is 0 Å². The fourth-order valence-electron chi connectivity index (χ4n) is 1.74. The number of benzene rings is 1. The Kier molecular flexibility index (Phi) is 6.82. The Balaban J connectivity index is 0.000000399. The SMILES string of the molecule is CCC=O.COCOc1cccc2c1CCC(C)=N2. The molecule has 0 amide bonds. The molecule has 4 nitrogen and oxygen atoms in total. The van der Waals surface area contributed by atoms with Crippen LogP contribution in [-0.2, 0) is 16.0 Å². The van der Waals surface area contributed by atoms with Crippen LogP contribution in [0.25, 0.3) is 0 Å². The summed E-state index contributed by atoms with van der Waals surface area (Å²) < 4.78 is 10.4. The number of carbonyl (C=O) groups is 1. The van der Waals surface area contributed by atoms with Gasteiger partial charge in [-0.05, 0) is 31.9 Å². The van der Waals surface area contributed by atoms with E-state index in [-0.39, 0.29) is 0 Å². The van der Waals surface area contributed by atoms with Crippen LogP contribution in [0.1, 0.15) is 32.3 Å². The Labute approximate surface area is 114 Å². The van der Waals surface area contributed by atoms with E-state index >= 15 is 0 Å². The standard InChI is InChI=1S/C12H15NO2.C3H6O/c1-9-6-7-10-11(13-9)4-3-5-12(10)15-8-14-2;1-2-3-4/h3-5H,6-8H2,1-2H3;3H,2H2,1H3. The van der Waals surface area contributed by atoms with Crippen molar-refractivity contribution in [2.45, 2.75) is 33.1 Å². The van der Waals surface area contributed by atoms with E-state index in [1.165, 1.54) is 11.3 Å². The van der Waals surface area contributed by atoms with Crippen molar-refractivity contribution in [3.8, 4) is 5.75 Å². The largest absolute Gasteiger partial charge is 0.467 e. The number of nitrogens with zero attached hydrogens (tertiary/aromatic N) is 1. The Morgan fingerprint density at radius 3 is 2.74 bits per heavy atom. The van der Waals surface area contributed by atoms with Gasteiger partial charge in [-0.1, -0.05) is 13.0 Å². The molecule has 19 heavy (non-hydrogen) atoms. The number of hydrogen-bond acceptors (Lipinski definition) is 4. The zero-order chi connectivity index (χ0) is 14.1. The number of aldehydes is 1. The average Bonchev–Trinajstić information content (AvgIpc) is 2.44. The van der Waals surface area contributed by atoms with Crippen molar-refractivity contribution in [1.82, 2.24) is 0 Å². The Hall–Kier alpha value is -1.68. The molecule has 0 atom stereocenters. The molecule has 0 aromatic heterocycles. The van der Waals surface area contributed by atoms with Gasteiger partial charge in [0.05, 0.1) is 5.69 Å². The summed E-state index contributed by atoms with van der Waals surface area (Å²) in [6.07, 6.45) is 3.53. The van der Waals surface area contributed by atoms with Crippen LogP contribution < -0.4 is 4.74 Å². The Morgan fingerprint density at radius 2 is 2.11 bits per heavy atom. The third kappa shape index (κ3) is 4.83. The van der Waals surface area contributed by atoms with Gasteiger partial charge < -0.3 is 14.3 Å². The number of aliphatic imine (C=N–C) groups is 1. The molecule has 4 heteroatoms. The van der Waals surface area contributed by atoms with Crippen LogP contribution in [0.3, 0.4) is 0 Å². The molecule has 0 saturated carbocycles. The van der Waals surface area contributed by atoms with Gasteiger partial charge in [0.1, 0.15) is 12.0 Å². The van der Waals surface area contributed by atoms with E-state index in [0.717, 1.165) is 30.6 Å². The molecule has 0 N–H and O–H groups in total. The monoisotopic (exact) mass is 263 g/mol. The van der Waals surface area contributed by atoms with Gasteiger partial charge in [-0.3, -0.25) is 4.99 Å². The second-order valence-corrected chi connectivity index (χ2v) is 4.23. The van der Waals surface area contributed by atoms with Gasteiger partial charge in [-0.2, -0.15) is 0 Å².